The number of nitrogens with zero attached hydrogens (tertiary/aromatic N) is 2. The van der Waals surface area contributed by atoms with E-state index < -0.39 is 0 Å². The number of nitrogen functional groups attached to an aromatic ring is 1. The van der Waals surface area contributed by atoms with Gasteiger partial charge in [-0.3, -0.25) is 0 Å². The Morgan fingerprint density at radius 1 is 1.16 bits per heavy atom. The molecule has 0 unspecified atom stereocenters. The molecular formula is C13H12BrCl2N3. The highest BCUT2D eigenvalue weighted by molar-refractivity contribution is 9.10. The second-order valence-corrected chi connectivity index (χ2v) is 6.23. The zero-order valence-electron chi connectivity index (χ0n) is 10.1. The first-order valence-corrected chi connectivity index (χ1v) is 7.64. The lowest BCUT2D eigenvalue weighted by molar-refractivity contribution is 0.653. The van der Waals surface area contributed by atoms with Gasteiger partial charge >= 0.3 is 0 Å². The van der Waals surface area contributed by atoms with Crippen LogP contribution in [-0.4, -0.2) is 9.78 Å². The van der Waals surface area contributed by atoms with Crippen molar-refractivity contribution in [3.05, 3.63) is 37.9 Å². The standard InChI is InChI=1S/C13H12BrCl2N3/c14-8-5-6-10(12(16)11(8)15)19-9-4-2-1-3-7(9)13(17)18-19/h5-6H,1-4H2,(H2,17,18). The van der Waals surface area contributed by atoms with Gasteiger partial charge in [0.05, 0.1) is 15.7 Å². The lowest BCUT2D eigenvalue weighted by Gasteiger charge is -2.15. The zero-order chi connectivity index (χ0) is 13.6. The number of aromatic nitrogens is 2. The summed E-state index contributed by atoms with van der Waals surface area (Å²) in [6, 6.07) is 3.77. The summed E-state index contributed by atoms with van der Waals surface area (Å²) >= 11 is 15.9. The van der Waals surface area contributed by atoms with Crippen LogP contribution in [-0.2, 0) is 12.8 Å². The molecule has 3 nitrogen and oxygen atoms in total. The maximum absolute atomic E-state index is 6.32. The highest BCUT2D eigenvalue weighted by Crippen LogP contribution is 2.37. The molecule has 1 aliphatic carbocycles. The molecule has 2 aromatic rings. The summed E-state index contributed by atoms with van der Waals surface area (Å²) in [7, 11) is 0. The minimum Gasteiger partial charge on any atom is -0.382 e. The first kappa shape index (κ1) is 13.3. The predicted octanol–water partition coefficient (Wildman–Crippen LogP) is 4.40. The number of rotatable bonds is 1. The molecule has 3 rings (SSSR count). The summed E-state index contributed by atoms with van der Waals surface area (Å²) in [5.41, 5.74) is 9.09. The second kappa shape index (κ2) is 5.00. The molecule has 0 aliphatic heterocycles. The van der Waals surface area contributed by atoms with Gasteiger partial charge in [-0.05, 0) is 53.7 Å². The van der Waals surface area contributed by atoms with E-state index in [-0.39, 0.29) is 0 Å². The summed E-state index contributed by atoms with van der Waals surface area (Å²) in [5, 5.41) is 5.42. The SMILES string of the molecule is Nc1nn(-c2ccc(Br)c(Cl)c2Cl)c2c1CCCC2. The largest absolute Gasteiger partial charge is 0.382 e. The van der Waals surface area contributed by atoms with Gasteiger partial charge in [-0.25, -0.2) is 4.68 Å². The van der Waals surface area contributed by atoms with Crippen LogP contribution >= 0.6 is 39.1 Å². The summed E-state index contributed by atoms with van der Waals surface area (Å²) < 4.78 is 2.61. The van der Waals surface area contributed by atoms with E-state index in [0.29, 0.717) is 15.9 Å². The van der Waals surface area contributed by atoms with Gasteiger partial charge < -0.3 is 5.73 Å². The first-order valence-electron chi connectivity index (χ1n) is 6.09. The number of hydrogen-bond donors (Lipinski definition) is 1. The van der Waals surface area contributed by atoms with Crippen molar-refractivity contribution in [1.82, 2.24) is 9.78 Å². The molecule has 0 fully saturated rings. The van der Waals surface area contributed by atoms with Crippen LogP contribution in [0.1, 0.15) is 24.1 Å². The van der Waals surface area contributed by atoms with Crippen LogP contribution in [0.5, 0.6) is 0 Å². The Bertz CT molecular complexity index is 652. The van der Waals surface area contributed by atoms with E-state index in [0.717, 1.165) is 47.1 Å². The minimum atomic E-state index is 0.493. The average Bonchev–Trinajstić information content (AvgIpc) is 2.74. The van der Waals surface area contributed by atoms with Crippen molar-refractivity contribution in [2.75, 3.05) is 5.73 Å². The fourth-order valence-electron chi connectivity index (χ4n) is 2.51. The predicted molar refractivity (Wildman–Crippen MR) is 82.3 cm³/mol. The Kier molecular flexibility index (Phi) is 3.50. The van der Waals surface area contributed by atoms with E-state index in [4.69, 9.17) is 28.9 Å². The molecule has 0 bridgehead atoms. The molecule has 0 amide bonds. The number of hydrogen-bond acceptors (Lipinski definition) is 2. The van der Waals surface area contributed by atoms with Gasteiger partial charge in [0.25, 0.3) is 0 Å². The number of fused-ring (bicyclic) bond motifs is 1. The number of anilines is 1. The van der Waals surface area contributed by atoms with Crippen molar-refractivity contribution in [2.24, 2.45) is 0 Å². The molecule has 6 heteroatoms. The van der Waals surface area contributed by atoms with Crippen LogP contribution in [0.4, 0.5) is 5.82 Å². The molecule has 1 aromatic heterocycles. The van der Waals surface area contributed by atoms with Gasteiger partial charge in [0, 0.05) is 15.7 Å². The van der Waals surface area contributed by atoms with Crippen LogP contribution in [0.2, 0.25) is 10.0 Å². The quantitative estimate of drug-likeness (QED) is 0.766. The summed E-state index contributed by atoms with van der Waals surface area (Å²) in [5.74, 6) is 0.602. The number of nitrogens with two attached hydrogens (primary N) is 1. The molecule has 0 atom stereocenters. The van der Waals surface area contributed by atoms with Crippen LogP contribution in [0.15, 0.2) is 16.6 Å². The average molecular weight is 361 g/mol. The van der Waals surface area contributed by atoms with Gasteiger partial charge in [-0.15, -0.1) is 0 Å². The van der Waals surface area contributed by atoms with Gasteiger partial charge in [0.1, 0.15) is 5.82 Å². The van der Waals surface area contributed by atoms with Crippen LogP contribution in [0.3, 0.4) is 0 Å². The van der Waals surface area contributed by atoms with Crippen LogP contribution in [0.25, 0.3) is 5.69 Å². The van der Waals surface area contributed by atoms with Crippen molar-refractivity contribution in [2.45, 2.75) is 25.7 Å². The van der Waals surface area contributed by atoms with Gasteiger partial charge in [0.15, 0.2) is 0 Å². The van der Waals surface area contributed by atoms with E-state index in [9.17, 15) is 0 Å². The molecular weight excluding hydrogens is 349 g/mol. The smallest absolute Gasteiger partial charge is 0.149 e. The van der Waals surface area contributed by atoms with Crippen molar-refractivity contribution in [3.63, 3.8) is 0 Å². The summed E-state index contributed by atoms with van der Waals surface area (Å²) in [6.07, 6.45) is 4.28. The summed E-state index contributed by atoms with van der Waals surface area (Å²) in [4.78, 5) is 0. The summed E-state index contributed by atoms with van der Waals surface area (Å²) in [6.45, 7) is 0. The Hall–Kier alpha value is -0.710. The van der Waals surface area contributed by atoms with Gasteiger partial charge in [-0.2, -0.15) is 5.10 Å². The molecule has 2 N–H and O–H groups in total. The Morgan fingerprint density at radius 3 is 2.68 bits per heavy atom. The molecule has 19 heavy (non-hydrogen) atoms. The Labute approximate surface area is 129 Å². The lowest BCUT2D eigenvalue weighted by atomic mass is 9.97. The Morgan fingerprint density at radius 2 is 1.89 bits per heavy atom. The van der Waals surface area contributed by atoms with E-state index in [1.807, 2.05) is 16.8 Å². The number of halogens is 3. The highest BCUT2D eigenvalue weighted by atomic mass is 79.9. The molecule has 1 aliphatic rings. The van der Waals surface area contributed by atoms with Crippen molar-refractivity contribution >= 4 is 44.9 Å². The molecule has 1 aromatic carbocycles. The Balaban J connectivity index is 2.20. The van der Waals surface area contributed by atoms with E-state index in [2.05, 4.69) is 21.0 Å². The van der Waals surface area contributed by atoms with Crippen LogP contribution < -0.4 is 5.73 Å². The van der Waals surface area contributed by atoms with E-state index in [1.54, 1.807) is 0 Å². The fourth-order valence-corrected chi connectivity index (χ4v) is 3.36. The van der Waals surface area contributed by atoms with Gasteiger partial charge in [0.2, 0.25) is 0 Å². The molecule has 1 heterocycles. The van der Waals surface area contributed by atoms with Gasteiger partial charge in [-0.1, -0.05) is 23.2 Å². The third kappa shape index (κ3) is 2.16. The van der Waals surface area contributed by atoms with E-state index in [1.165, 1.54) is 0 Å². The van der Waals surface area contributed by atoms with Crippen molar-refractivity contribution in [3.8, 4) is 5.69 Å². The second-order valence-electron chi connectivity index (χ2n) is 4.62. The fraction of sp³-hybridized carbons (Fsp3) is 0.308. The van der Waals surface area contributed by atoms with Crippen LogP contribution in [0, 0.1) is 0 Å². The third-order valence-corrected chi connectivity index (χ3v) is 5.22. The monoisotopic (exact) mass is 359 g/mol. The maximum Gasteiger partial charge on any atom is 0.149 e. The molecule has 0 saturated carbocycles. The topological polar surface area (TPSA) is 43.8 Å². The highest BCUT2D eigenvalue weighted by Gasteiger charge is 2.22. The normalized spacial score (nSPS) is 14.5. The zero-order valence-corrected chi connectivity index (χ0v) is 13.2. The minimum absolute atomic E-state index is 0.493. The molecule has 100 valence electrons. The maximum atomic E-state index is 6.32. The van der Waals surface area contributed by atoms with Crippen molar-refractivity contribution < 1.29 is 0 Å². The van der Waals surface area contributed by atoms with E-state index >= 15 is 0 Å². The van der Waals surface area contributed by atoms with Crippen molar-refractivity contribution in [1.29, 1.82) is 0 Å². The molecule has 0 saturated heterocycles. The molecule has 0 spiro atoms. The third-order valence-electron chi connectivity index (χ3n) is 3.45. The molecule has 0 radical (unpaired) electrons. The first-order chi connectivity index (χ1) is 9.09. The lowest BCUT2D eigenvalue weighted by Crippen LogP contribution is -2.08. The number of benzene rings is 1.